The number of benzene rings is 1. The molecule has 0 N–H and O–H groups in total. The Morgan fingerprint density at radius 3 is 2.26 bits per heavy atom. The topological polar surface area (TPSA) is 55.8 Å². The summed E-state index contributed by atoms with van der Waals surface area (Å²) in [5, 5.41) is 0. The highest BCUT2D eigenvalue weighted by atomic mass is 16.6. The maximum Gasteiger partial charge on any atom is 0.410 e. The van der Waals surface area contributed by atoms with Crippen LogP contribution in [0.5, 0.6) is 0 Å². The Morgan fingerprint density at radius 2 is 1.70 bits per heavy atom. The van der Waals surface area contributed by atoms with Gasteiger partial charge in [-0.15, -0.1) is 0 Å². The molecule has 1 aromatic carbocycles. The zero-order chi connectivity index (χ0) is 19.9. The lowest BCUT2D eigenvalue weighted by Gasteiger charge is -2.37. The first-order valence-corrected chi connectivity index (χ1v) is 9.97. The van der Waals surface area contributed by atoms with Gasteiger partial charge in [-0.2, -0.15) is 0 Å². The largest absolute Gasteiger partial charge is 0.461 e. The molecule has 0 unspecified atom stereocenters. The van der Waals surface area contributed by atoms with E-state index in [0.29, 0.717) is 25.5 Å². The van der Waals surface area contributed by atoms with Crippen molar-refractivity contribution in [2.45, 2.75) is 78.0 Å². The van der Waals surface area contributed by atoms with Gasteiger partial charge in [0.1, 0.15) is 12.2 Å². The third-order valence-corrected chi connectivity index (χ3v) is 4.92. The quantitative estimate of drug-likeness (QED) is 0.661. The molecule has 1 saturated carbocycles. The van der Waals surface area contributed by atoms with Gasteiger partial charge in [0.05, 0.1) is 0 Å². The maximum atomic E-state index is 12.4. The van der Waals surface area contributed by atoms with Gasteiger partial charge < -0.3 is 14.4 Å². The third kappa shape index (κ3) is 7.24. The first-order chi connectivity index (χ1) is 12.8. The van der Waals surface area contributed by atoms with Crippen LogP contribution in [0.25, 0.3) is 0 Å². The summed E-state index contributed by atoms with van der Waals surface area (Å²) < 4.78 is 10.9. The summed E-state index contributed by atoms with van der Waals surface area (Å²) in [4.78, 5) is 26.3. The molecule has 0 saturated heterocycles. The molecule has 1 aliphatic carbocycles. The van der Waals surface area contributed by atoms with E-state index in [1.807, 2.05) is 62.9 Å². The van der Waals surface area contributed by atoms with Crippen molar-refractivity contribution in [1.29, 1.82) is 0 Å². The standard InChI is InChI=1S/C22H33NO4/c1-5-23(21(25)27-22(2,3)4)19-13-11-17(12-14-19)15-20(24)26-16-18-9-7-6-8-10-18/h6-10,17,19H,5,11-16H2,1-4H3. The van der Waals surface area contributed by atoms with E-state index in [9.17, 15) is 9.59 Å². The number of esters is 1. The fourth-order valence-electron chi connectivity index (χ4n) is 3.55. The Bertz CT molecular complexity index is 600. The SMILES string of the molecule is CCN(C(=O)OC(C)(C)C)C1CCC(CC(=O)OCc2ccccc2)CC1. The van der Waals surface area contributed by atoms with E-state index in [0.717, 1.165) is 31.2 Å². The van der Waals surface area contributed by atoms with Crippen molar-refractivity contribution in [3.05, 3.63) is 35.9 Å². The average Bonchev–Trinajstić information content (AvgIpc) is 2.61. The van der Waals surface area contributed by atoms with Crippen LogP contribution in [0.1, 0.15) is 65.4 Å². The van der Waals surface area contributed by atoms with Gasteiger partial charge in [0, 0.05) is 19.0 Å². The highest BCUT2D eigenvalue weighted by Crippen LogP contribution is 2.30. The van der Waals surface area contributed by atoms with Crippen LogP contribution in [-0.2, 0) is 20.9 Å². The zero-order valence-corrected chi connectivity index (χ0v) is 17.1. The molecule has 1 aromatic rings. The van der Waals surface area contributed by atoms with Gasteiger partial charge in [-0.3, -0.25) is 4.79 Å². The second-order valence-electron chi connectivity index (χ2n) is 8.29. The summed E-state index contributed by atoms with van der Waals surface area (Å²) in [7, 11) is 0. The highest BCUT2D eigenvalue weighted by molar-refractivity contribution is 5.70. The van der Waals surface area contributed by atoms with E-state index in [1.165, 1.54) is 0 Å². The molecule has 0 aliphatic heterocycles. The molecule has 0 atom stereocenters. The maximum absolute atomic E-state index is 12.4. The second-order valence-corrected chi connectivity index (χ2v) is 8.29. The molecule has 1 aliphatic rings. The molecule has 0 spiro atoms. The van der Waals surface area contributed by atoms with Gasteiger partial charge in [0.25, 0.3) is 0 Å². The number of carbonyl (C=O) groups excluding carboxylic acids is 2. The summed E-state index contributed by atoms with van der Waals surface area (Å²) in [6.45, 7) is 8.61. The van der Waals surface area contributed by atoms with Crippen LogP contribution >= 0.6 is 0 Å². The van der Waals surface area contributed by atoms with Crippen molar-refractivity contribution in [3.8, 4) is 0 Å². The van der Waals surface area contributed by atoms with Crippen LogP contribution in [0.15, 0.2) is 30.3 Å². The minimum Gasteiger partial charge on any atom is -0.461 e. The number of hydrogen-bond acceptors (Lipinski definition) is 4. The minimum absolute atomic E-state index is 0.137. The van der Waals surface area contributed by atoms with Crippen molar-refractivity contribution in [1.82, 2.24) is 4.90 Å². The fourth-order valence-corrected chi connectivity index (χ4v) is 3.55. The third-order valence-electron chi connectivity index (χ3n) is 4.92. The minimum atomic E-state index is -0.482. The Labute approximate surface area is 163 Å². The van der Waals surface area contributed by atoms with E-state index in [1.54, 1.807) is 0 Å². The lowest BCUT2D eigenvalue weighted by atomic mass is 9.83. The van der Waals surface area contributed by atoms with Crippen LogP contribution in [0.2, 0.25) is 0 Å². The van der Waals surface area contributed by atoms with Crippen LogP contribution in [0, 0.1) is 5.92 Å². The van der Waals surface area contributed by atoms with Crippen molar-refractivity contribution in [2.75, 3.05) is 6.54 Å². The Balaban J connectivity index is 1.75. The van der Waals surface area contributed by atoms with Crippen LogP contribution in [-0.4, -0.2) is 35.2 Å². The lowest BCUT2D eigenvalue weighted by Crippen LogP contribution is -2.44. The molecule has 5 heteroatoms. The summed E-state index contributed by atoms with van der Waals surface area (Å²) >= 11 is 0. The van der Waals surface area contributed by atoms with E-state index in [-0.39, 0.29) is 18.1 Å². The van der Waals surface area contributed by atoms with E-state index in [2.05, 4.69) is 0 Å². The van der Waals surface area contributed by atoms with Crippen molar-refractivity contribution in [2.24, 2.45) is 5.92 Å². The summed E-state index contributed by atoms with van der Waals surface area (Å²) in [6.07, 6.45) is 3.90. The molecular formula is C22H33NO4. The van der Waals surface area contributed by atoms with Crippen LogP contribution in [0.4, 0.5) is 4.79 Å². The highest BCUT2D eigenvalue weighted by Gasteiger charge is 2.31. The predicted molar refractivity (Wildman–Crippen MR) is 105 cm³/mol. The van der Waals surface area contributed by atoms with Crippen LogP contribution in [0.3, 0.4) is 0 Å². The first kappa shape index (κ1) is 21.3. The van der Waals surface area contributed by atoms with Gasteiger partial charge in [0.15, 0.2) is 0 Å². The van der Waals surface area contributed by atoms with Gasteiger partial charge >= 0.3 is 12.1 Å². The molecule has 0 heterocycles. The lowest BCUT2D eigenvalue weighted by molar-refractivity contribution is -0.146. The molecule has 5 nitrogen and oxygen atoms in total. The number of carbonyl (C=O) groups is 2. The number of ether oxygens (including phenoxy) is 2. The summed E-state index contributed by atoms with van der Waals surface area (Å²) in [5.74, 6) is 0.198. The molecule has 150 valence electrons. The number of nitrogens with zero attached hydrogens (tertiary/aromatic N) is 1. The molecule has 2 rings (SSSR count). The van der Waals surface area contributed by atoms with E-state index < -0.39 is 5.60 Å². The molecule has 27 heavy (non-hydrogen) atoms. The summed E-state index contributed by atoms with van der Waals surface area (Å²) in [5.41, 5.74) is 0.523. The smallest absolute Gasteiger partial charge is 0.410 e. The van der Waals surface area contributed by atoms with E-state index >= 15 is 0 Å². The second kappa shape index (κ2) is 9.77. The van der Waals surface area contributed by atoms with Crippen molar-refractivity contribution < 1.29 is 19.1 Å². The normalized spacial score (nSPS) is 20.0. The molecule has 1 amide bonds. The van der Waals surface area contributed by atoms with Crippen molar-refractivity contribution >= 4 is 12.1 Å². The van der Waals surface area contributed by atoms with Crippen molar-refractivity contribution in [3.63, 3.8) is 0 Å². The Morgan fingerprint density at radius 1 is 1.07 bits per heavy atom. The van der Waals surface area contributed by atoms with Gasteiger partial charge in [0.2, 0.25) is 0 Å². The molecule has 0 radical (unpaired) electrons. The number of rotatable bonds is 6. The molecule has 0 bridgehead atoms. The molecule has 0 aromatic heterocycles. The fraction of sp³-hybridized carbons (Fsp3) is 0.636. The van der Waals surface area contributed by atoms with Gasteiger partial charge in [-0.1, -0.05) is 30.3 Å². The Hall–Kier alpha value is -2.04. The monoisotopic (exact) mass is 375 g/mol. The Kier molecular flexibility index (Phi) is 7.69. The zero-order valence-electron chi connectivity index (χ0n) is 17.1. The van der Waals surface area contributed by atoms with Gasteiger partial charge in [-0.25, -0.2) is 4.79 Å². The average molecular weight is 376 g/mol. The van der Waals surface area contributed by atoms with E-state index in [4.69, 9.17) is 9.47 Å². The first-order valence-electron chi connectivity index (χ1n) is 9.97. The summed E-state index contributed by atoms with van der Waals surface area (Å²) in [6, 6.07) is 9.92. The van der Waals surface area contributed by atoms with Crippen LogP contribution < -0.4 is 0 Å². The van der Waals surface area contributed by atoms with Gasteiger partial charge in [-0.05, 0) is 64.9 Å². The number of amides is 1. The molecular weight excluding hydrogens is 342 g/mol. The molecule has 1 fully saturated rings. The predicted octanol–water partition coefficient (Wildman–Crippen LogP) is 4.94. The number of hydrogen-bond donors (Lipinski definition) is 0.